The van der Waals surface area contributed by atoms with Gasteiger partial charge in [0.25, 0.3) is 0 Å². The van der Waals surface area contributed by atoms with E-state index in [1.807, 2.05) is 24.3 Å². The van der Waals surface area contributed by atoms with Gasteiger partial charge in [0.2, 0.25) is 15.9 Å². The third-order valence-electron chi connectivity index (χ3n) is 3.57. The van der Waals surface area contributed by atoms with Gasteiger partial charge in [0.05, 0.1) is 11.9 Å². The number of benzene rings is 2. The van der Waals surface area contributed by atoms with Crippen molar-refractivity contribution in [2.75, 3.05) is 29.4 Å². The fourth-order valence-electron chi connectivity index (χ4n) is 2.28. The van der Waals surface area contributed by atoms with Gasteiger partial charge in [-0.3, -0.25) is 9.10 Å². The van der Waals surface area contributed by atoms with Crippen LogP contribution in [0, 0.1) is 0 Å². The van der Waals surface area contributed by atoms with Gasteiger partial charge >= 0.3 is 0 Å². The molecule has 0 heterocycles. The molecule has 0 unspecified atom stereocenters. The molecule has 0 aliphatic heterocycles. The maximum absolute atomic E-state index is 12.2. The van der Waals surface area contributed by atoms with Gasteiger partial charge in [0, 0.05) is 27.5 Å². The molecule has 9 heteroatoms. The van der Waals surface area contributed by atoms with Crippen LogP contribution in [0.4, 0.5) is 5.69 Å². The summed E-state index contributed by atoms with van der Waals surface area (Å²) in [5.74, 6) is 1.11. The number of anilines is 1. The minimum absolute atomic E-state index is 0.259. The van der Waals surface area contributed by atoms with E-state index in [2.05, 4.69) is 21.2 Å². The van der Waals surface area contributed by atoms with Crippen molar-refractivity contribution in [1.29, 1.82) is 0 Å². The van der Waals surface area contributed by atoms with E-state index in [-0.39, 0.29) is 12.5 Å². The Balaban J connectivity index is 1.83. The van der Waals surface area contributed by atoms with E-state index in [4.69, 9.17) is 11.6 Å². The zero-order valence-electron chi connectivity index (χ0n) is 14.7. The van der Waals surface area contributed by atoms with Crippen molar-refractivity contribution >= 4 is 60.9 Å². The summed E-state index contributed by atoms with van der Waals surface area (Å²) >= 11 is 11.1. The molecule has 0 bridgehead atoms. The maximum Gasteiger partial charge on any atom is 0.240 e. The molecule has 0 aliphatic rings. The Labute approximate surface area is 177 Å². The number of hydrogen-bond acceptors (Lipinski definition) is 4. The second kappa shape index (κ2) is 10.4. The SMILES string of the molecule is CS(=O)(=O)N(CC(=O)NCCSCc1ccccc1Cl)c1cccc(Br)c1. The fraction of sp³-hybridized carbons (Fsp3) is 0.278. The first-order valence-corrected chi connectivity index (χ1v) is 12.3. The van der Waals surface area contributed by atoms with Gasteiger partial charge in [0.15, 0.2) is 0 Å². The van der Waals surface area contributed by atoms with Crippen molar-refractivity contribution in [3.8, 4) is 0 Å². The van der Waals surface area contributed by atoms with Crippen LogP contribution in [0.2, 0.25) is 5.02 Å². The summed E-state index contributed by atoms with van der Waals surface area (Å²) in [5.41, 5.74) is 1.49. The van der Waals surface area contributed by atoms with Gasteiger partial charge in [-0.25, -0.2) is 8.42 Å². The Morgan fingerprint density at radius 2 is 1.96 bits per heavy atom. The van der Waals surface area contributed by atoms with E-state index in [0.29, 0.717) is 18.0 Å². The van der Waals surface area contributed by atoms with Gasteiger partial charge < -0.3 is 5.32 Å². The van der Waals surface area contributed by atoms with Crippen LogP contribution in [0.3, 0.4) is 0 Å². The number of halogens is 2. The number of nitrogens with zero attached hydrogens (tertiary/aromatic N) is 1. The van der Waals surface area contributed by atoms with Crippen LogP contribution in [-0.2, 0) is 20.6 Å². The Hall–Kier alpha value is -1.22. The first kappa shape index (κ1) is 22.1. The number of carbonyl (C=O) groups excluding carboxylic acids is 1. The minimum atomic E-state index is -3.57. The molecular formula is C18H20BrClN2O3S2. The van der Waals surface area contributed by atoms with Gasteiger partial charge in [0.1, 0.15) is 6.54 Å². The summed E-state index contributed by atoms with van der Waals surface area (Å²) in [7, 11) is -3.57. The highest BCUT2D eigenvalue weighted by molar-refractivity contribution is 9.10. The topological polar surface area (TPSA) is 66.5 Å². The Kier molecular flexibility index (Phi) is 8.47. The predicted molar refractivity (Wildman–Crippen MR) is 117 cm³/mol. The number of hydrogen-bond donors (Lipinski definition) is 1. The first-order valence-electron chi connectivity index (χ1n) is 8.08. The third-order valence-corrected chi connectivity index (χ3v) is 6.58. The monoisotopic (exact) mass is 490 g/mol. The number of rotatable bonds is 9. The molecule has 0 fully saturated rings. The first-order chi connectivity index (χ1) is 12.8. The van der Waals surface area contributed by atoms with Crippen molar-refractivity contribution in [3.63, 3.8) is 0 Å². The van der Waals surface area contributed by atoms with E-state index in [1.165, 1.54) is 0 Å². The van der Waals surface area contributed by atoms with E-state index in [1.54, 1.807) is 36.0 Å². The highest BCUT2D eigenvalue weighted by atomic mass is 79.9. The molecule has 0 radical (unpaired) electrons. The lowest BCUT2D eigenvalue weighted by molar-refractivity contribution is -0.119. The summed E-state index contributed by atoms with van der Waals surface area (Å²) in [4.78, 5) is 12.2. The Morgan fingerprint density at radius 3 is 2.63 bits per heavy atom. The Morgan fingerprint density at radius 1 is 1.22 bits per heavy atom. The maximum atomic E-state index is 12.2. The summed E-state index contributed by atoms with van der Waals surface area (Å²) in [6.45, 7) is 0.189. The highest BCUT2D eigenvalue weighted by Crippen LogP contribution is 2.22. The molecule has 0 spiro atoms. The third kappa shape index (κ3) is 7.37. The Bertz CT molecular complexity index is 894. The van der Waals surface area contributed by atoms with Crippen LogP contribution in [0.1, 0.15) is 5.56 Å². The van der Waals surface area contributed by atoms with Gasteiger partial charge in [-0.15, -0.1) is 0 Å². The molecule has 1 N–H and O–H groups in total. The van der Waals surface area contributed by atoms with Crippen molar-refractivity contribution in [2.45, 2.75) is 5.75 Å². The van der Waals surface area contributed by atoms with Crippen LogP contribution in [0.25, 0.3) is 0 Å². The van der Waals surface area contributed by atoms with Gasteiger partial charge in [-0.1, -0.05) is 51.8 Å². The zero-order valence-corrected chi connectivity index (χ0v) is 18.7. The second-order valence-corrected chi connectivity index (χ2v) is 10.1. The molecule has 5 nitrogen and oxygen atoms in total. The molecule has 2 rings (SSSR count). The average Bonchev–Trinajstić information content (AvgIpc) is 2.60. The summed E-state index contributed by atoms with van der Waals surface area (Å²) < 4.78 is 25.9. The molecule has 0 aliphatic carbocycles. The smallest absolute Gasteiger partial charge is 0.240 e. The lowest BCUT2D eigenvalue weighted by Crippen LogP contribution is -2.41. The molecule has 0 saturated carbocycles. The van der Waals surface area contributed by atoms with Crippen LogP contribution in [0.15, 0.2) is 53.0 Å². The number of nitrogens with one attached hydrogen (secondary N) is 1. The largest absolute Gasteiger partial charge is 0.354 e. The zero-order chi connectivity index (χ0) is 19.9. The lowest BCUT2D eigenvalue weighted by Gasteiger charge is -2.22. The molecular weight excluding hydrogens is 472 g/mol. The molecule has 2 aromatic carbocycles. The van der Waals surface area contributed by atoms with Crippen molar-refractivity contribution in [1.82, 2.24) is 5.32 Å². The van der Waals surface area contributed by atoms with Crippen LogP contribution < -0.4 is 9.62 Å². The van der Waals surface area contributed by atoms with Crippen LogP contribution in [-0.4, -0.2) is 39.4 Å². The van der Waals surface area contributed by atoms with Crippen molar-refractivity contribution in [2.24, 2.45) is 0 Å². The van der Waals surface area contributed by atoms with E-state index in [0.717, 1.165) is 31.4 Å². The van der Waals surface area contributed by atoms with Crippen LogP contribution >= 0.6 is 39.3 Å². The van der Waals surface area contributed by atoms with Crippen LogP contribution in [0.5, 0.6) is 0 Å². The molecule has 0 atom stereocenters. The average molecular weight is 492 g/mol. The van der Waals surface area contributed by atoms with E-state index >= 15 is 0 Å². The van der Waals surface area contributed by atoms with E-state index in [9.17, 15) is 13.2 Å². The number of thioether (sulfide) groups is 1. The molecule has 146 valence electrons. The normalized spacial score (nSPS) is 11.2. The molecule has 27 heavy (non-hydrogen) atoms. The summed E-state index contributed by atoms with van der Waals surface area (Å²) in [6.07, 6.45) is 1.08. The second-order valence-electron chi connectivity index (χ2n) is 5.74. The molecule has 1 amide bonds. The fourth-order valence-corrected chi connectivity index (χ4v) is 4.66. The predicted octanol–water partition coefficient (Wildman–Crippen LogP) is 3.92. The quantitative estimate of drug-likeness (QED) is 0.540. The van der Waals surface area contributed by atoms with Gasteiger partial charge in [-0.2, -0.15) is 11.8 Å². The number of amides is 1. The van der Waals surface area contributed by atoms with Gasteiger partial charge in [-0.05, 0) is 29.8 Å². The minimum Gasteiger partial charge on any atom is -0.354 e. The van der Waals surface area contributed by atoms with E-state index < -0.39 is 10.0 Å². The standard InChI is InChI=1S/C18H20BrClN2O3S2/c1-27(24,25)22(16-7-4-6-15(19)11-16)12-18(23)21-9-10-26-13-14-5-2-3-8-17(14)20/h2-8,11H,9-10,12-13H2,1H3,(H,21,23). The molecule has 2 aromatic rings. The summed E-state index contributed by atoms with van der Waals surface area (Å²) in [5, 5.41) is 3.49. The molecule has 0 saturated heterocycles. The number of carbonyl (C=O) groups is 1. The van der Waals surface area contributed by atoms with Crippen molar-refractivity contribution in [3.05, 3.63) is 63.6 Å². The molecule has 0 aromatic heterocycles. The number of sulfonamides is 1. The lowest BCUT2D eigenvalue weighted by atomic mass is 10.2. The summed E-state index contributed by atoms with van der Waals surface area (Å²) in [6, 6.07) is 14.5. The van der Waals surface area contributed by atoms with Crippen molar-refractivity contribution < 1.29 is 13.2 Å². The highest BCUT2D eigenvalue weighted by Gasteiger charge is 2.20.